The van der Waals surface area contributed by atoms with Crippen molar-refractivity contribution in [2.75, 3.05) is 13.2 Å². The van der Waals surface area contributed by atoms with Gasteiger partial charge >= 0.3 is 0 Å². The summed E-state index contributed by atoms with van der Waals surface area (Å²) >= 11 is 0. The van der Waals surface area contributed by atoms with Crippen LogP contribution < -0.4 is 0 Å². The maximum absolute atomic E-state index is 12.8. The molecule has 3 rings (SSSR count). The van der Waals surface area contributed by atoms with E-state index in [0.29, 0.717) is 13.2 Å². The monoisotopic (exact) mass is 291 g/mol. The molecule has 1 unspecified atom stereocenters. The van der Waals surface area contributed by atoms with Gasteiger partial charge in [-0.2, -0.15) is 9.49 Å². The Hall–Kier alpha value is -1.79. The van der Waals surface area contributed by atoms with E-state index in [1.807, 2.05) is 10.9 Å². The van der Waals surface area contributed by atoms with Gasteiger partial charge in [0.25, 0.3) is 0 Å². The number of aromatic nitrogens is 3. The Morgan fingerprint density at radius 2 is 2.24 bits per heavy atom. The van der Waals surface area contributed by atoms with Gasteiger partial charge in [-0.1, -0.05) is 0 Å². The highest BCUT2D eigenvalue weighted by Crippen LogP contribution is 2.17. The van der Waals surface area contributed by atoms with Crippen LogP contribution in [-0.4, -0.2) is 34.3 Å². The molecule has 0 amide bonds. The van der Waals surface area contributed by atoms with Crippen LogP contribution in [0.4, 0.5) is 4.39 Å². The molecule has 0 aliphatic carbocycles. The van der Waals surface area contributed by atoms with E-state index in [1.54, 1.807) is 12.3 Å². The minimum Gasteiger partial charge on any atom is -0.353 e. The molecule has 0 saturated carbocycles. The first-order valence-electron chi connectivity index (χ1n) is 7.19. The van der Waals surface area contributed by atoms with E-state index in [-0.39, 0.29) is 6.29 Å². The highest BCUT2D eigenvalue weighted by molar-refractivity contribution is 5.60. The third kappa shape index (κ3) is 3.86. The van der Waals surface area contributed by atoms with Gasteiger partial charge in [-0.25, -0.2) is 4.98 Å². The van der Waals surface area contributed by atoms with E-state index < -0.39 is 5.95 Å². The van der Waals surface area contributed by atoms with Gasteiger partial charge in [0.2, 0.25) is 5.95 Å². The smallest absolute Gasteiger partial charge is 0.212 e. The fraction of sp³-hybridized carbons (Fsp3) is 0.467. The van der Waals surface area contributed by atoms with E-state index in [4.69, 9.17) is 9.47 Å². The summed E-state index contributed by atoms with van der Waals surface area (Å²) < 4.78 is 25.8. The maximum Gasteiger partial charge on any atom is 0.212 e. The molecule has 112 valence electrons. The first-order chi connectivity index (χ1) is 10.3. The van der Waals surface area contributed by atoms with Crippen molar-refractivity contribution in [3.8, 4) is 11.1 Å². The Labute approximate surface area is 122 Å². The molecule has 3 heterocycles. The van der Waals surface area contributed by atoms with Crippen molar-refractivity contribution in [1.29, 1.82) is 0 Å². The number of rotatable bonds is 5. The molecule has 0 N–H and O–H groups in total. The second-order valence-corrected chi connectivity index (χ2v) is 5.03. The molecule has 1 aliphatic heterocycles. The average molecular weight is 291 g/mol. The van der Waals surface area contributed by atoms with Crippen molar-refractivity contribution >= 4 is 0 Å². The molecule has 5 nitrogen and oxygen atoms in total. The highest BCUT2D eigenvalue weighted by Gasteiger charge is 2.13. The third-order valence-corrected chi connectivity index (χ3v) is 3.46. The predicted molar refractivity (Wildman–Crippen MR) is 75.0 cm³/mol. The summed E-state index contributed by atoms with van der Waals surface area (Å²) in [4.78, 5) is 3.64. The van der Waals surface area contributed by atoms with Crippen molar-refractivity contribution in [2.24, 2.45) is 0 Å². The zero-order valence-electron chi connectivity index (χ0n) is 11.7. The molecule has 1 fully saturated rings. The van der Waals surface area contributed by atoms with E-state index >= 15 is 0 Å². The lowest BCUT2D eigenvalue weighted by molar-refractivity contribution is -0.163. The molecule has 0 aromatic carbocycles. The minimum absolute atomic E-state index is 0.0740. The van der Waals surface area contributed by atoms with E-state index in [1.165, 1.54) is 12.3 Å². The largest absolute Gasteiger partial charge is 0.353 e. The van der Waals surface area contributed by atoms with Crippen LogP contribution in [0.1, 0.15) is 19.3 Å². The summed E-state index contributed by atoms with van der Waals surface area (Å²) in [6, 6.07) is 3.03. The molecule has 0 radical (unpaired) electrons. The number of hydrogen-bond donors (Lipinski definition) is 0. The zero-order valence-corrected chi connectivity index (χ0v) is 11.7. The molecule has 2 aromatic rings. The summed E-state index contributed by atoms with van der Waals surface area (Å²) in [5, 5.41) is 4.27. The summed E-state index contributed by atoms with van der Waals surface area (Å²) in [7, 11) is 0. The molecule has 21 heavy (non-hydrogen) atoms. The van der Waals surface area contributed by atoms with Gasteiger partial charge in [-0.3, -0.25) is 4.68 Å². The Morgan fingerprint density at radius 3 is 3.00 bits per heavy atom. The van der Waals surface area contributed by atoms with Crippen molar-refractivity contribution in [3.05, 3.63) is 36.7 Å². The molecule has 2 aromatic heterocycles. The molecule has 0 spiro atoms. The SMILES string of the molecule is Fc1ccc(-c2cnn(CCOC3CCCCO3)c2)cn1. The van der Waals surface area contributed by atoms with E-state index in [2.05, 4.69) is 10.1 Å². The van der Waals surface area contributed by atoms with Crippen molar-refractivity contribution in [1.82, 2.24) is 14.8 Å². The standard InChI is InChI=1S/C15H18FN3O2/c16-14-5-4-12(9-17-14)13-10-18-19(11-13)6-8-21-15-3-1-2-7-20-15/h4-5,9-11,15H,1-3,6-8H2. The van der Waals surface area contributed by atoms with Crippen molar-refractivity contribution in [2.45, 2.75) is 32.1 Å². The minimum atomic E-state index is -0.480. The topological polar surface area (TPSA) is 49.2 Å². The number of halogens is 1. The van der Waals surface area contributed by atoms with Crippen LogP contribution in [0.5, 0.6) is 0 Å². The predicted octanol–water partition coefficient (Wildman–Crippen LogP) is 2.63. The lowest BCUT2D eigenvalue weighted by Gasteiger charge is -2.22. The number of pyridine rings is 1. The second-order valence-electron chi connectivity index (χ2n) is 5.03. The molecule has 0 bridgehead atoms. The quantitative estimate of drug-likeness (QED) is 0.795. The van der Waals surface area contributed by atoms with Gasteiger partial charge in [-0.05, 0) is 31.4 Å². The van der Waals surface area contributed by atoms with Gasteiger partial charge in [0.05, 0.1) is 19.3 Å². The van der Waals surface area contributed by atoms with Crippen LogP contribution in [0.2, 0.25) is 0 Å². The van der Waals surface area contributed by atoms with Gasteiger partial charge in [-0.15, -0.1) is 0 Å². The van der Waals surface area contributed by atoms with Crippen LogP contribution in [0, 0.1) is 5.95 Å². The number of nitrogens with zero attached hydrogens (tertiary/aromatic N) is 3. The summed E-state index contributed by atoms with van der Waals surface area (Å²) in [5.41, 5.74) is 1.76. The van der Waals surface area contributed by atoms with Crippen molar-refractivity contribution < 1.29 is 13.9 Å². The third-order valence-electron chi connectivity index (χ3n) is 3.46. The normalized spacial score (nSPS) is 18.8. The summed E-state index contributed by atoms with van der Waals surface area (Å²) in [6.45, 7) is 2.01. The maximum atomic E-state index is 12.8. The highest BCUT2D eigenvalue weighted by atomic mass is 19.1. The molecule has 6 heteroatoms. The van der Waals surface area contributed by atoms with Gasteiger partial charge in [0.15, 0.2) is 6.29 Å². The molecular formula is C15H18FN3O2. The Kier molecular flexibility index (Phi) is 4.57. The fourth-order valence-corrected chi connectivity index (χ4v) is 2.30. The van der Waals surface area contributed by atoms with Gasteiger partial charge in [0.1, 0.15) is 0 Å². The fourth-order valence-electron chi connectivity index (χ4n) is 2.30. The van der Waals surface area contributed by atoms with Crippen LogP contribution in [0.15, 0.2) is 30.7 Å². The Bertz CT molecular complexity index is 565. The average Bonchev–Trinajstić information content (AvgIpc) is 2.98. The Balaban J connectivity index is 1.51. The lowest BCUT2D eigenvalue weighted by Crippen LogP contribution is -2.24. The van der Waals surface area contributed by atoms with Crippen LogP contribution in [-0.2, 0) is 16.0 Å². The summed E-state index contributed by atoms with van der Waals surface area (Å²) in [5.74, 6) is -0.480. The number of hydrogen-bond acceptors (Lipinski definition) is 4. The van der Waals surface area contributed by atoms with E-state index in [0.717, 1.165) is 37.0 Å². The molecule has 1 aliphatic rings. The van der Waals surface area contributed by atoms with Crippen LogP contribution in [0.3, 0.4) is 0 Å². The van der Waals surface area contributed by atoms with Crippen LogP contribution >= 0.6 is 0 Å². The summed E-state index contributed by atoms with van der Waals surface area (Å²) in [6.07, 6.45) is 8.32. The Morgan fingerprint density at radius 1 is 1.29 bits per heavy atom. The van der Waals surface area contributed by atoms with E-state index in [9.17, 15) is 4.39 Å². The second kappa shape index (κ2) is 6.78. The molecule has 1 atom stereocenters. The van der Waals surface area contributed by atoms with Gasteiger partial charge < -0.3 is 9.47 Å². The first kappa shape index (κ1) is 14.2. The first-order valence-corrected chi connectivity index (χ1v) is 7.19. The molecule has 1 saturated heterocycles. The zero-order chi connectivity index (χ0) is 14.5. The van der Waals surface area contributed by atoms with Gasteiger partial charge in [0, 0.05) is 30.1 Å². The number of ether oxygens (including phenoxy) is 2. The molecular weight excluding hydrogens is 273 g/mol. The van der Waals surface area contributed by atoms with Crippen molar-refractivity contribution in [3.63, 3.8) is 0 Å². The van der Waals surface area contributed by atoms with Crippen LogP contribution in [0.25, 0.3) is 11.1 Å². The lowest BCUT2D eigenvalue weighted by atomic mass is 10.2.